The molecule has 0 aromatic heterocycles. The van der Waals surface area contributed by atoms with E-state index in [0.717, 1.165) is 18.4 Å². The molecule has 0 amide bonds. The van der Waals surface area contributed by atoms with Crippen LogP contribution in [0, 0.1) is 6.57 Å². The molecule has 0 bridgehead atoms. The predicted octanol–water partition coefficient (Wildman–Crippen LogP) is 2.84. The molecule has 11 heavy (non-hydrogen) atoms. The van der Waals surface area contributed by atoms with Gasteiger partial charge in [-0.2, -0.15) is 0 Å². The lowest BCUT2D eigenvalue weighted by Gasteiger charge is -2.24. The van der Waals surface area contributed by atoms with Gasteiger partial charge in [-0.1, -0.05) is 6.58 Å². The molecule has 0 aliphatic heterocycles. The maximum Gasteiger partial charge on any atom is 0.262 e. The second kappa shape index (κ2) is 3.47. The summed E-state index contributed by atoms with van der Waals surface area (Å²) in [6.07, 6.45) is 1.69. The zero-order chi connectivity index (χ0) is 8.43. The molecule has 0 N–H and O–H groups in total. The Morgan fingerprint density at radius 1 is 1.55 bits per heavy atom. The third kappa shape index (κ3) is 1.69. The van der Waals surface area contributed by atoms with E-state index in [9.17, 15) is 0 Å². The van der Waals surface area contributed by atoms with Gasteiger partial charge in [-0.25, -0.2) is 6.57 Å². The molecule has 0 aromatic carbocycles. The van der Waals surface area contributed by atoms with Crippen LogP contribution in [0.1, 0.15) is 12.8 Å². The highest BCUT2D eigenvalue weighted by atomic mass is 35.5. The fraction of sp³-hybridized carbons (Fsp3) is 0.625. The molecule has 3 atom stereocenters. The Morgan fingerprint density at radius 2 is 2.18 bits per heavy atom. The first-order valence-electron chi connectivity index (χ1n) is 3.49. The maximum atomic E-state index is 6.87. The maximum absolute atomic E-state index is 6.87. The van der Waals surface area contributed by atoms with Crippen molar-refractivity contribution < 1.29 is 0 Å². The Labute approximate surface area is 76.8 Å². The van der Waals surface area contributed by atoms with Gasteiger partial charge in [-0.3, -0.25) is 0 Å². The molecule has 60 valence electrons. The fourth-order valence-electron chi connectivity index (χ4n) is 1.22. The second-order valence-corrected chi connectivity index (χ2v) is 3.80. The lowest BCUT2D eigenvalue weighted by molar-refractivity contribution is 0.593. The van der Waals surface area contributed by atoms with Crippen LogP contribution in [0.3, 0.4) is 0 Å². The first-order valence-corrected chi connectivity index (χ1v) is 4.36. The highest BCUT2D eigenvalue weighted by Crippen LogP contribution is 2.32. The first kappa shape index (κ1) is 8.90. The number of rotatable bonds is 0. The van der Waals surface area contributed by atoms with Gasteiger partial charge in [0.2, 0.25) is 0 Å². The van der Waals surface area contributed by atoms with E-state index in [-0.39, 0.29) is 16.8 Å². The van der Waals surface area contributed by atoms with E-state index >= 15 is 0 Å². The fourth-order valence-corrected chi connectivity index (χ4v) is 1.82. The van der Waals surface area contributed by atoms with E-state index in [0.29, 0.717) is 0 Å². The van der Waals surface area contributed by atoms with Crippen molar-refractivity contribution in [1.82, 2.24) is 0 Å². The van der Waals surface area contributed by atoms with Crippen LogP contribution >= 0.6 is 23.2 Å². The van der Waals surface area contributed by atoms with Gasteiger partial charge in [0.15, 0.2) is 0 Å². The van der Waals surface area contributed by atoms with Crippen LogP contribution in [0.4, 0.5) is 0 Å². The summed E-state index contributed by atoms with van der Waals surface area (Å²) >= 11 is 11.8. The molecule has 0 spiro atoms. The molecule has 1 nitrogen and oxygen atoms in total. The minimum absolute atomic E-state index is 0.0683. The zero-order valence-electron chi connectivity index (χ0n) is 6.06. The molecule has 1 rings (SSSR count). The standard InChI is InChI=1S/C8H9Cl2N/c1-5-3-4-6(9)7(10)8(5)11-2/h6-8H,1,3-4H2. The summed E-state index contributed by atoms with van der Waals surface area (Å²) in [7, 11) is 0. The predicted molar refractivity (Wildman–Crippen MR) is 48.0 cm³/mol. The molecule has 0 aromatic rings. The second-order valence-electron chi connectivity index (χ2n) is 2.73. The topological polar surface area (TPSA) is 4.36 Å². The number of halogens is 2. The average molecular weight is 190 g/mol. The molecule has 1 aliphatic carbocycles. The van der Waals surface area contributed by atoms with E-state index in [1.165, 1.54) is 0 Å². The van der Waals surface area contributed by atoms with E-state index < -0.39 is 0 Å². The Morgan fingerprint density at radius 3 is 2.64 bits per heavy atom. The van der Waals surface area contributed by atoms with Crippen molar-refractivity contribution in [3.8, 4) is 0 Å². The summed E-state index contributed by atoms with van der Waals surface area (Å²) in [6, 6.07) is -0.270. The number of nitrogens with zero attached hydrogens (tertiary/aromatic N) is 1. The van der Waals surface area contributed by atoms with Crippen LogP contribution in [-0.2, 0) is 0 Å². The minimum Gasteiger partial charge on any atom is -0.307 e. The molecule has 0 saturated heterocycles. The monoisotopic (exact) mass is 189 g/mol. The zero-order valence-corrected chi connectivity index (χ0v) is 7.57. The smallest absolute Gasteiger partial charge is 0.262 e. The van der Waals surface area contributed by atoms with Crippen LogP contribution < -0.4 is 0 Å². The van der Waals surface area contributed by atoms with E-state index in [2.05, 4.69) is 11.4 Å². The Hall–Kier alpha value is -0.190. The first-order chi connectivity index (χ1) is 5.16. The van der Waals surface area contributed by atoms with Gasteiger partial charge in [0.05, 0.1) is 5.38 Å². The molecule has 3 heteroatoms. The van der Waals surface area contributed by atoms with Gasteiger partial charge in [-0.15, -0.1) is 23.2 Å². The number of hydrogen-bond donors (Lipinski definition) is 0. The molecule has 3 unspecified atom stereocenters. The summed E-state index contributed by atoms with van der Waals surface area (Å²) in [6.45, 7) is 10.7. The van der Waals surface area contributed by atoms with E-state index in [4.69, 9.17) is 29.8 Å². The number of alkyl halides is 2. The lowest BCUT2D eigenvalue weighted by atomic mass is 9.91. The quantitative estimate of drug-likeness (QED) is 0.314. The Kier molecular flexibility index (Phi) is 2.81. The summed E-state index contributed by atoms with van der Waals surface area (Å²) in [5.41, 5.74) is 0.928. The Bertz CT molecular complexity index is 207. The van der Waals surface area contributed by atoms with Crippen LogP contribution in [-0.4, -0.2) is 16.8 Å². The number of hydrogen-bond acceptors (Lipinski definition) is 0. The summed E-state index contributed by atoms with van der Waals surface area (Å²) in [5.74, 6) is 0. The van der Waals surface area contributed by atoms with Crippen molar-refractivity contribution in [1.29, 1.82) is 0 Å². The molecule has 1 fully saturated rings. The van der Waals surface area contributed by atoms with Crippen molar-refractivity contribution in [2.24, 2.45) is 0 Å². The summed E-state index contributed by atoms with van der Waals surface area (Å²) in [5, 5.41) is -0.323. The van der Waals surface area contributed by atoms with Gasteiger partial charge >= 0.3 is 0 Å². The highest BCUT2D eigenvalue weighted by Gasteiger charge is 2.37. The van der Waals surface area contributed by atoms with Crippen molar-refractivity contribution >= 4 is 23.2 Å². The summed E-state index contributed by atoms with van der Waals surface area (Å²) in [4.78, 5) is 3.39. The third-order valence-electron chi connectivity index (χ3n) is 1.95. The normalized spacial score (nSPS) is 38.3. The van der Waals surface area contributed by atoms with Crippen molar-refractivity contribution in [3.05, 3.63) is 23.6 Å². The Balaban J connectivity index is 2.73. The van der Waals surface area contributed by atoms with Crippen LogP contribution in [0.5, 0.6) is 0 Å². The van der Waals surface area contributed by atoms with Gasteiger partial charge in [-0.05, 0) is 12.8 Å². The summed E-state index contributed by atoms with van der Waals surface area (Å²) < 4.78 is 0. The minimum atomic E-state index is -0.270. The molecular weight excluding hydrogens is 181 g/mol. The van der Waals surface area contributed by atoms with Crippen molar-refractivity contribution in [2.75, 3.05) is 0 Å². The van der Waals surface area contributed by atoms with Crippen molar-refractivity contribution in [2.45, 2.75) is 29.6 Å². The largest absolute Gasteiger partial charge is 0.307 e. The van der Waals surface area contributed by atoms with Crippen LogP contribution in [0.25, 0.3) is 4.85 Å². The lowest BCUT2D eigenvalue weighted by Crippen LogP contribution is -2.33. The van der Waals surface area contributed by atoms with Crippen LogP contribution in [0.15, 0.2) is 12.2 Å². The van der Waals surface area contributed by atoms with Gasteiger partial charge in [0.25, 0.3) is 6.04 Å². The molecule has 1 aliphatic rings. The average Bonchev–Trinajstić information content (AvgIpc) is 1.99. The SMILES string of the molecule is [C-]#[N+]C1C(=C)CCC(Cl)C1Cl. The van der Waals surface area contributed by atoms with Crippen LogP contribution in [0.2, 0.25) is 0 Å². The third-order valence-corrected chi connectivity index (χ3v) is 3.11. The van der Waals surface area contributed by atoms with E-state index in [1.807, 2.05) is 0 Å². The van der Waals surface area contributed by atoms with Gasteiger partial charge in [0, 0.05) is 5.57 Å². The van der Waals surface area contributed by atoms with Gasteiger partial charge in [0.1, 0.15) is 5.38 Å². The molecule has 0 heterocycles. The van der Waals surface area contributed by atoms with Gasteiger partial charge < -0.3 is 4.85 Å². The molecule has 1 saturated carbocycles. The van der Waals surface area contributed by atoms with E-state index in [1.54, 1.807) is 0 Å². The van der Waals surface area contributed by atoms with Crippen molar-refractivity contribution in [3.63, 3.8) is 0 Å². The molecular formula is C8H9Cl2N. The molecule has 0 radical (unpaired) electrons. The highest BCUT2D eigenvalue weighted by molar-refractivity contribution is 6.30.